The number of ether oxygens (including phenoxy) is 2. The quantitative estimate of drug-likeness (QED) is 0.786. The molecule has 0 aromatic rings. The molecule has 1 amide bonds. The monoisotopic (exact) mass is 283 g/mol. The summed E-state index contributed by atoms with van der Waals surface area (Å²) in [4.78, 5) is 11.8. The maximum atomic E-state index is 12.5. The lowest BCUT2D eigenvalue weighted by molar-refractivity contribution is -0.184. The fraction of sp³-hybridized carbons (Fsp3) is 0.917. The molecule has 1 rings (SSSR count). The fourth-order valence-electron chi connectivity index (χ4n) is 2.27. The van der Waals surface area contributed by atoms with Crippen molar-refractivity contribution in [2.24, 2.45) is 11.8 Å². The molecule has 1 aliphatic carbocycles. The topological polar surface area (TPSA) is 47.6 Å². The fourth-order valence-corrected chi connectivity index (χ4v) is 2.27. The molecular weight excluding hydrogens is 263 g/mol. The molecule has 1 saturated carbocycles. The van der Waals surface area contributed by atoms with Gasteiger partial charge in [0.25, 0.3) is 0 Å². The first-order chi connectivity index (χ1) is 8.88. The minimum atomic E-state index is -4.14. The number of carbonyl (C=O) groups is 1. The molecule has 112 valence electrons. The molecule has 0 aliphatic heterocycles. The van der Waals surface area contributed by atoms with Crippen LogP contribution in [0, 0.1) is 11.8 Å². The van der Waals surface area contributed by atoms with Gasteiger partial charge in [0.15, 0.2) is 6.29 Å². The highest BCUT2D eigenvalue weighted by molar-refractivity contribution is 5.78. The molecule has 4 nitrogen and oxygen atoms in total. The van der Waals surface area contributed by atoms with Crippen molar-refractivity contribution < 1.29 is 27.4 Å². The Kier molecular flexibility index (Phi) is 6.06. The van der Waals surface area contributed by atoms with E-state index in [4.69, 9.17) is 9.47 Å². The minimum absolute atomic E-state index is 0.0274. The van der Waals surface area contributed by atoms with Gasteiger partial charge in [0.1, 0.15) is 0 Å². The maximum absolute atomic E-state index is 12.5. The SMILES string of the molecule is COC(CNC(=O)C1CCC(C(F)(F)F)CC1)OC. The second-order valence-electron chi connectivity index (χ2n) is 4.74. The summed E-state index contributed by atoms with van der Waals surface area (Å²) >= 11 is 0. The minimum Gasteiger partial charge on any atom is -0.354 e. The van der Waals surface area contributed by atoms with Crippen LogP contribution in [0.15, 0.2) is 0 Å². The Balaban J connectivity index is 2.33. The Labute approximate surface area is 110 Å². The van der Waals surface area contributed by atoms with Crippen molar-refractivity contribution in [1.82, 2.24) is 5.32 Å². The van der Waals surface area contributed by atoms with Crippen LogP contribution in [0.1, 0.15) is 25.7 Å². The first kappa shape index (κ1) is 16.2. The molecule has 7 heteroatoms. The molecule has 0 radical (unpaired) electrons. The molecule has 0 aromatic carbocycles. The largest absolute Gasteiger partial charge is 0.391 e. The van der Waals surface area contributed by atoms with Crippen molar-refractivity contribution in [2.75, 3.05) is 20.8 Å². The van der Waals surface area contributed by atoms with E-state index in [0.717, 1.165) is 0 Å². The summed E-state index contributed by atoms with van der Waals surface area (Å²) in [6.45, 7) is 0.199. The predicted octanol–water partition coefficient (Wildman–Crippen LogP) is 2.09. The Morgan fingerprint density at radius 2 is 1.74 bits per heavy atom. The number of amides is 1. The van der Waals surface area contributed by atoms with E-state index >= 15 is 0 Å². The van der Waals surface area contributed by atoms with Gasteiger partial charge < -0.3 is 14.8 Å². The molecule has 0 atom stereocenters. The smallest absolute Gasteiger partial charge is 0.354 e. The lowest BCUT2D eigenvalue weighted by Crippen LogP contribution is -2.40. The normalized spacial score (nSPS) is 24.5. The molecule has 1 fully saturated rings. The molecule has 1 aliphatic rings. The van der Waals surface area contributed by atoms with Crippen LogP contribution < -0.4 is 5.32 Å². The average molecular weight is 283 g/mol. The van der Waals surface area contributed by atoms with Crippen LogP contribution in [0.3, 0.4) is 0 Å². The third kappa shape index (κ3) is 4.99. The summed E-state index contributed by atoms with van der Waals surface area (Å²) in [5.74, 6) is -1.82. The van der Waals surface area contributed by atoms with Gasteiger partial charge in [-0.1, -0.05) is 0 Å². The predicted molar refractivity (Wildman–Crippen MR) is 62.3 cm³/mol. The van der Waals surface area contributed by atoms with Crippen molar-refractivity contribution >= 4 is 5.91 Å². The number of halogens is 3. The second-order valence-corrected chi connectivity index (χ2v) is 4.74. The number of carbonyl (C=O) groups excluding carboxylic acids is 1. The van der Waals surface area contributed by atoms with Gasteiger partial charge in [-0.15, -0.1) is 0 Å². The maximum Gasteiger partial charge on any atom is 0.391 e. The molecule has 0 saturated heterocycles. The van der Waals surface area contributed by atoms with Gasteiger partial charge in [-0.2, -0.15) is 13.2 Å². The number of hydrogen-bond acceptors (Lipinski definition) is 3. The van der Waals surface area contributed by atoms with Gasteiger partial charge in [-0.3, -0.25) is 4.79 Å². The lowest BCUT2D eigenvalue weighted by Gasteiger charge is -2.29. The van der Waals surface area contributed by atoms with Crippen LogP contribution in [-0.2, 0) is 14.3 Å². The summed E-state index contributed by atoms with van der Waals surface area (Å²) in [6.07, 6.45) is -4.06. The summed E-state index contributed by atoms with van der Waals surface area (Å²) in [5.41, 5.74) is 0. The average Bonchev–Trinajstić information content (AvgIpc) is 2.39. The van der Waals surface area contributed by atoms with Crippen LogP contribution >= 0.6 is 0 Å². The Morgan fingerprint density at radius 3 is 2.16 bits per heavy atom. The van der Waals surface area contributed by atoms with Gasteiger partial charge in [0.2, 0.25) is 5.91 Å². The molecule has 0 unspecified atom stereocenters. The highest BCUT2D eigenvalue weighted by atomic mass is 19.4. The lowest BCUT2D eigenvalue weighted by atomic mass is 9.81. The van der Waals surface area contributed by atoms with Gasteiger partial charge in [-0.25, -0.2) is 0 Å². The molecule has 0 spiro atoms. The van der Waals surface area contributed by atoms with E-state index in [1.165, 1.54) is 14.2 Å². The van der Waals surface area contributed by atoms with E-state index in [9.17, 15) is 18.0 Å². The van der Waals surface area contributed by atoms with Crippen molar-refractivity contribution in [3.63, 3.8) is 0 Å². The molecule has 19 heavy (non-hydrogen) atoms. The van der Waals surface area contributed by atoms with Gasteiger partial charge in [0, 0.05) is 20.1 Å². The summed E-state index contributed by atoms with van der Waals surface area (Å²) in [5, 5.41) is 2.64. The summed E-state index contributed by atoms with van der Waals surface area (Å²) in [6, 6.07) is 0. The number of methoxy groups -OCH3 is 2. The molecular formula is C12H20F3NO3. The van der Waals surface area contributed by atoms with Crippen LogP contribution in [0.25, 0.3) is 0 Å². The highest BCUT2D eigenvalue weighted by Gasteiger charge is 2.42. The van der Waals surface area contributed by atoms with E-state index in [1.54, 1.807) is 0 Å². The number of hydrogen-bond donors (Lipinski definition) is 1. The first-order valence-electron chi connectivity index (χ1n) is 6.28. The zero-order valence-electron chi connectivity index (χ0n) is 11.1. The van der Waals surface area contributed by atoms with Crippen LogP contribution in [0.4, 0.5) is 13.2 Å². The standard InChI is InChI=1S/C12H20F3NO3/c1-18-10(19-2)7-16-11(17)8-3-5-9(6-4-8)12(13,14)15/h8-10H,3-7H2,1-2H3,(H,16,17). The molecule has 1 N–H and O–H groups in total. The van der Waals surface area contributed by atoms with E-state index in [2.05, 4.69) is 5.32 Å². The second kappa shape index (κ2) is 7.09. The van der Waals surface area contributed by atoms with Crippen LogP contribution in [0.2, 0.25) is 0 Å². The van der Waals surface area contributed by atoms with Crippen LogP contribution in [0.5, 0.6) is 0 Å². The zero-order valence-corrected chi connectivity index (χ0v) is 11.1. The van der Waals surface area contributed by atoms with E-state index < -0.39 is 18.4 Å². The van der Waals surface area contributed by atoms with Crippen molar-refractivity contribution in [2.45, 2.75) is 38.1 Å². The number of nitrogens with one attached hydrogen (secondary N) is 1. The van der Waals surface area contributed by atoms with Crippen LogP contribution in [-0.4, -0.2) is 39.1 Å². The van der Waals surface area contributed by atoms with E-state index in [0.29, 0.717) is 0 Å². The highest BCUT2D eigenvalue weighted by Crippen LogP contribution is 2.39. The Bertz CT molecular complexity index is 284. The summed E-state index contributed by atoms with van der Waals surface area (Å²) in [7, 11) is 2.91. The summed E-state index contributed by atoms with van der Waals surface area (Å²) < 4.78 is 47.3. The van der Waals surface area contributed by atoms with Gasteiger partial charge >= 0.3 is 6.18 Å². The van der Waals surface area contributed by atoms with Gasteiger partial charge in [0.05, 0.1) is 12.5 Å². The first-order valence-corrected chi connectivity index (χ1v) is 6.28. The Hall–Kier alpha value is -0.820. The third-order valence-electron chi connectivity index (χ3n) is 3.53. The van der Waals surface area contributed by atoms with Crippen molar-refractivity contribution in [3.8, 4) is 0 Å². The molecule has 0 aromatic heterocycles. The van der Waals surface area contributed by atoms with E-state index in [-0.39, 0.29) is 44.1 Å². The van der Waals surface area contributed by atoms with E-state index in [1.807, 2.05) is 0 Å². The van der Waals surface area contributed by atoms with Crippen molar-refractivity contribution in [3.05, 3.63) is 0 Å². The third-order valence-corrected chi connectivity index (χ3v) is 3.53. The van der Waals surface area contributed by atoms with Crippen molar-refractivity contribution in [1.29, 1.82) is 0 Å². The molecule has 0 heterocycles. The zero-order chi connectivity index (χ0) is 14.5. The molecule has 0 bridgehead atoms. The Morgan fingerprint density at radius 1 is 1.21 bits per heavy atom. The number of alkyl halides is 3. The van der Waals surface area contributed by atoms with Gasteiger partial charge in [-0.05, 0) is 25.7 Å². The number of rotatable bonds is 5.